The van der Waals surface area contributed by atoms with Crippen LogP contribution in [0.25, 0.3) is 0 Å². The summed E-state index contributed by atoms with van der Waals surface area (Å²) in [6.07, 6.45) is 0.181. The zero-order valence-electron chi connectivity index (χ0n) is 24.9. The quantitative estimate of drug-likeness (QED) is 0.156. The Kier molecular flexibility index (Phi) is 12.1. The van der Waals surface area contributed by atoms with Gasteiger partial charge in [-0.05, 0) is 53.9 Å². The highest BCUT2D eigenvalue weighted by atomic mass is 79.9. The molecule has 0 fully saturated rings. The fraction of sp³-hybridized carbons (Fsp3) is 0.235. The normalized spacial score (nSPS) is 12.0. The Balaban J connectivity index is 1.83. The van der Waals surface area contributed by atoms with E-state index in [-0.39, 0.29) is 35.4 Å². The van der Waals surface area contributed by atoms with Crippen molar-refractivity contribution in [2.75, 3.05) is 17.4 Å². The first kappa shape index (κ1) is 34.5. The zero-order chi connectivity index (χ0) is 32.6. The lowest BCUT2D eigenvalue weighted by Crippen LogP contribution is -2.53. The minimum atomic E-state index is -4.20. The first-order chi connectivity index (χ1) is 21.5. The van der Waals surface area contributed by atoms with Crippen LogP contribution in [0.4, 0.5) is 5.69 Å². The average molecular weight is 732 g/mol. The molecule has 4 aromatic carbocycles. The summed E-state index contributed by atoms with van der Waals surface area (Å²) in [5.74, 6) is -0.813. The summed E-state index contributed by atoms with van der Waals surface area (Å²) in [6, 6.07) is 27.9. The maximum atomic E-state index is 14.5. The highest BCUT2D eigenvalue weighted by Crippen LogP contribution is 2.30. The van der Waals surface area contributed by atoms with Crippen molar-refractivity contribution in [2.45, 2.75) is 37.8 Å². The number of carbonyl (C=O) groups excluding carboxylic acids is 2. The monoisotopic (exact) mass is 729 g/mol. The molecule has 0 saturated carbocycles. The summed E-state index contributed by atoms with van der Waals surface area (Å²) in [5, 5.41) is 3.61. The number of halogens is 3. The molecule has 0 bridgehead atoms. The molecule has 7 nitrogen and oxygen atoms in total. The molecular formula is C34H34BrCl2N3O4S. The van der Waals surface area contributed by atoms with Crippen molar-refractivity contribution in [1.82, 2.24) is 10.2 Å². The number of sulfonamides is 1. The van der Waals surface area contributed by atoms with Gasteiger partial charge >= 0.3 is 0 Å². The second-order valence-corrected chi connectivity index (χ2v) is 14.5. The molecule has 0 spiro atoms. The maximum absolute atomic E-state index is 14.5. The van der Waals surface area contributed by atoms with Gasteiger partial charge in [0.15, 0.2) is 0 Å². The lowest BCUT2D eigenvalue weighted by Gasteiger charge is -2.34. The van der Waals surface area contributed by atoms with Crippen molar-refractivity contribution in [2.24, 2.45) is 5.92 Å². The Hall–Kier alpha value is -3.37. The van der Waals surface area contributed by atoms with Gasteiger partial charge in [-0.2, -0.15) is 0 Å². The molecule has 0 aliphatic heterocycles. The second kappa shape index (κ2) is 15.8. The molecule has 45 heavy (non-hydrogen) atoms. The van der Waals surface area contributed by atoms with Crippen molar-refractivity contribution in [1.29, 1.82) is 0 Å². The van der Waals surface area contributed by atoms with Gasteiger partial charge in [-0.3, -0.25) is 13.9 Å². The number of hydrogen-bond donors (Lipinski definition) is 1. The van der Waals surface area contributed by atoms with E-state index in [4.69, 9.17) is 23.2 Å². The zero-order valence-corrected chi connectivity index (χ0v) is 28.8. The summed E-state index contributed by atoms with van der Waals surface area (Å²) >= 11 is 16.5. The summed E-state index contributed by atoms with van der Waals surface area (Å²) in [4.78, 5) is 29.8. The van der Waals surface area contributed by atoms with Gasteiger partial charge in [-0.25, -0.2) is 8.42 Å². The van der Waals surface area contributed by atoms with E-state index in [0.29, 0.717) is 26.6 Å². The number of rotatable bonds is 13. The molecule has 0 aliphatic rings. The predicted octanol–water partition coefficient (Wildman–Crippen LogP) is 7.36. The Morgan fingerprint density at radius 2 is 1.44 bits per heavy atom. The van der Waals surface area contributed by atoms with E-state index in [2.05, 4.69) is 21.2 Å². The average Bonchev–Trinajstić information content (AvgIpc) is 3.02. The lowest BCUT2D eigenvalue weighted by atomic mass is 10.0. The maximum Gasteiger partial charge on any atom is 0.264 e. The van der Waals surface area contributed by atoms with Gasteiger partial charge < -0.3 is 10.2 Å². The van der Waals surface area contributed by atoms with Crippen molar-refractivity contribution in [3.05, 3.63) is 129 Å². The molecule has 2 amide bonds. The van der Waals surface area contributed by atoms with E-state index >= 15 is 0 Å². The predicted molar refractivity (Wildman–Crippen MR) is 184 cm³/mol. The van der Waals surface area contributed by atoms with Gasteiger partial charge in [0.25, 0.3) is 10.0 Å². The molecule has 1 atom stereocenters. The lowest BCUT2D eigenvalue weighted by molar-refractivity contribution is -0.140. The van der Waals surface area contributed by atoms with Crippen molar-refractivity contribution in [3.8, 4) is 0 Å². The van der Waals surface area contributed by atoms with Gasteiger partial charge in [-0.1, -0.05) is 114 Å². The van der Waals surface area contributed by atoms with E-state index in [0.717, 1.165) is 9.87 Å². The summed E-state index contributed by atoms with van der Waals surface area (Å²) in [7, 11) is -4.20. The Morgan fingerprint density at radius 3 is 2.04 bits per heavy atom. The molecule has 236 valence electrons. The van der Waals surface area contributed by atoms with E-state index in [1.54, 1.807) is 60.7 Å². The van der Waals surface area contributed by atoms with E-state index in [1.807, 2.05) is 44.2 Å². The van der Waals surface area contributed by atoms with Crippen LogP contribution in [0.5, 0.6) is 0 Å². The van der Waals surface area contributed by atoms with Crippen LogP contribution in [0.15, 0.2) is 112 Å². The first-order valence-electron chi connectivity index (χ1n) is 14.3. The Labute approximate surface area is 283 Å². The van der Waals surface area contributed by atoms with Crippen LogP contribution >= 0.6 is 39.1 Å². The van der Waals surface area contributed by atoms with Gasteiger partial charge in [0.2, 0.25) is 11.8 Å². The molecule has 1 N–H and O–H groups in total. The fourth-order valence-corrected chi connectivity index (χ4v) is 7.04. The van der Waals surface area contributed by atoms with Crippen LogP contribution in [0.2, 0.25) is 10.0 Å². The first-order valence-corrected chi connectivity index (χ1v) is 17.3. The summed E-state index contributed by atoms with van der Waals surface area (Å²) in [5.41, 5.74) is 1.55. The topological polar surface area (TPSA) is 86.8 Å². The minimum Gasteiger partial charge on any atom is -0.354 e. The molecule has 0 unspecified atom stereocenters. The Bertz CT molecular complexity index is 1700. The molecular weight excluding hydrogens is 697 g/mol. The molecule has 0 saturated heterocycles. The van der Waals surface area contributed by atoms with Crippen LogP contribution in [0.1, 0.15) is 25.0 Å². The number of carbonyl (C=O) groups is 2. The minimum absolute atomic E-state index is 0.0222. The molecule has 4 aromatic rings. The number of anilines is 1. The van der Waals surface area contributed by atoms with Crippen LogP contribution in [0.3, 0.4) is 0 Å². The highest BCUT2D eigenvalue weighted by molar-refractivity contribution is 9.10. The molecule has 0 heterocycles. The molecule has 0 radical (unpaired) electrons. The van der Waals surface area contributed by atoms with Crippen molar-refractivity contribution >= 4 is 66.7 Å². The molecule has 0 aromatic heterocycles. The van der Waals surface area contributed by atoms with E-state index in [9.17, 15) is 18.0 Å². The number of nitrogens with one attached hydrogen (secondary N) is 1. The third-order valence-electron chi connectivity index (χ3n) is 7.05. The number of nitrogens with zero attached hydrogens (tertiary/aromatic N) is 2. The summed E-state index contributed by atoms with van der Waals surface area (Å²) in [6.45, 7) is 3.64. The Morgan fingerprint density at radius 1 is 0.844 bits per heavy atom. The number of hydrogen-bond acceptors (Lipinski definition) is 4. The van der Waals surface area contributed by atoms with Gasteiger partial charge in [-0.15, -0.1) is 0 Å². The van der Waals surface area contributed by atoms with E-state index < -0.39 is 28.5 Å². The molecule has 0 aliphatic carbocycles. The smallest absolute Gasteiger partial charge is 0.264 e. The van der Waals surface area contributed by atoms with Crippen molar-refractivity contribution in [3.63, 3.8) is 0 Å². The van der Waals surface area contributed by atoms with Crippen LogP contribution < -0.4 is 9.62 Å². The van der Waals surface area contributed by atoms with Crippen LogP contribution in [-0.2, 0) is 32.6 Å². The number of amides is 2. The number of benzene rings is 4. The highest BCUT2D eigenvalue weighted by Gasteiger charge is 2.35. The third-order valence-corrected chi connectivity index (χ3v) is 10.0. The van der Waals surface area contributed by atoms with Crippen LogP contribution in [-0.4, -0.2) is 44.3 Å². The van der Waals surface area contributed by atoms with E-state index in [1.165, 1.54) is 17.0 Å². The molecule has 11 heteroatoms. The SMILES string of the molecule is CC(C)CNC(=O)[C@H](Cc1ccccc1)N(Cc1c(Cl)cccc1Cl)C(=O)CN(c1cccc(Br)c1)S(=O)(=O)c1ccccc1. The van der Waals surface area contributed by atoms with Gasteiger partial charge in [0.05, 0.1) is 10.6 Å². The molecule has 4 rings (SSSR count). The standard InChI is InChI=1S/C34H34BrCl2N3O4S/c1-24(2)21-38-34(42)32(19-25-11-5-3-6-12-25)39(22-29-30(36)17-10-18-31(29)37)33(41)23-40(27-14-9-13-26(35)20-27)45(43,44)28-15-7-4-8-16-28/h3-18,20,24,32H,19,21-23H2,1-2H3,(H,38,42)/t32-/m0/s1. The van der Waals surface area contributed by atoms with Crippen molar-refractivity contribution < 1.29 is 18.0 Å². The van der Waals surface area contributed by atoms with Gasteiger partial charge in [0, 0.05) is 39.6 Å². The summed E-state index contributed by atoms with van der Waals surface area (Å²) < 4.78 is 29.8. The van der Waals surface area contributed by atoms with Crippen LogP contribution in [0, 0.1) is 5.92 Å². The van der Waals surface area contributed by atoms with Gasteiger partial charge in [0.1, 0.15) is 12.6 Å². The largest absolute Gasteiger partial charge is 0.354 e. The fourth-order valence-electron chi connectivity index (χ4n) is 4.71. The third kappa shape index (κ3) is 9.10. The second-order valence-electron chi connectivity index (χ2n) is 10.9.